The Hall–Kier alpha value is -3.46. The Morgan fingerprint density at radius 1 is 0.781 bits per heavy atom. The van der Waals surface area contributed by atoms with Crippen LogP contribution in [0, 0.1) is 0 Å². The number of hydrogen-bond acceptors (Lipinski definition) is 3. The second kappa shape index (κ2) is 8.23. The number of rotatable bonds is 6. The second-order valence-electron chi connectivity index (χ2n) is 8.63. The van der Waals surface area contributed by atoms with E-state index >= 15 is 0 Å². The summed E-state index contributed by atoms with van der Waals surface area (Å²) < 4.78 is 5.43. The summed E-state index contributed by atoms with van der Waals surface area (Å²) >= 11 is 0. The standard InChI is InChI=1S/C29H26O3/c1-3-4-5-14-32-29(31)22-9-11-24-21(16-22)8-13-26-25-12-7-20-15-19(18(2)30)6-10-23(20)27(25)17-28(24)26/h6-13,15-16H,3-5,14,17H2,1-2H3. The molecule has 0 atom stereocenters. The molecule has 3 heteroatoms. The van der Waals surface area contributed by atoms with E-state index in [1.54, 1.807) is 6.92 Å². The molecule has 4 aromatic carbocycles. The van der Waals surface area contributed by atoms with E-state index < -0.39 is 0 Å². The summed E-state index contributed by atoms with van der Waals surface area (Å²) in [5, 5.41) is 4.53. The zero-order chi connectivity index (χ0) is 22.2. The van der Waals surface area contributed by atoms with Crippen molar-refractivity contribution in [2.75, 3.05) is 6.61 Å². The van der Waals surface area contributed by atoms with Crippen LogP contribution in [0.1, 0.15) is 65.0 Å². The van der Waals surface area contributed by atoms with Crippen LogP contribution in [0.3, 0.4) is 0 Å². The summed E-state index contributed by atoms with van der Waals surface area (Å²) in [7, 11) is 0. The van der Waals surface area contributed by atoms with Gasteiger partial charge in [0.1, 0.15) is 0 Å². The number of ether oxygens (including phenoxy) is 1. The van der Waals surface area contributed by atoms with Gasteiger partial charge in [0.25, 0.3) is 0 Å². The molecule has 0 radical (unpaired) electrons. The topological polar surface area (TPSA) is 43.4 Å². The van der Waals surface area contributed by atoms with Gasteiger partial charge in [-0.15, -0.1) is 0 Å². The summed E-state index contributed by atoms with van der Waals surface area (Å²) in [6.45, 7) is 4.21. The first-order valence-corrected chi connectivity index (χ1v) is 11.4. The van der Waals surface area contributed by atoms with Crippen LogP contribution >= 0.6 is 0 Å². The molecule has 32 heavy (non-hydrogen) atoms. The fraction of sp³-hybridized carbons (Fsp3) is 0.241. The molecule has 0 bridgehead atoms. The van der Waals surface area contributed by atoms with Gasteiger partial charge in [-0.1, -0.05) is 62.2 Å². The minimum absolute atomic E-state index is 0.0846. The van der Waals surface area contributed by atoms with E-state index in [0.717, 1.165) is 42.0 Å². The molecule has 0 unspecified atom stereocenters. The molecular formula is C29H26O3. The lowest BCUT2D eigenvalue weighted by atomic mass is 9.97. The highest BCUT2D eigenvalue weighted by Crippen LogP contribution is 2.43. The Morgan fingerprint density at radius 2 is 1.38 bits per heavy atom. The van der Waals surface area contributed by atoms with Gasteiger partial charge in [-0.25, -0.2) is 4.79 Å². The lowest BCUT2D eigenvalue weighted by Crippen LogP contribution is -2.06. The molecule has 0 N–H and O–H groups in total. The van der Waals surface area contributed by atoms with Gasteiger partial charge in [0.15, 0.2) is 5.78 Å². The second-order valence-corrected chi connectivity index (χ2v) is 8.63. The summed E-state index contributed by atoms with van der Waals surface area (Å²) in [6, 6.07) is 20.4. The lowest BCUT2D eigenvalue weighted by molar-refractivity contribution is 0.0498. The van der Waals surface area contributed by atoms with Crippen molar-refractivity contribution in [3.63, 3.8) is 0 Å². The van der Waals surface area contributed by atoms with Crippen LogP contribution in [-0.2, 0) is 11.2 Å². The van der Waals surface area contributed by atoms with Gasteiger partial charge in [0.2, 0.25) is 0 Å². The van der Waals surface area contributed by atoms with Crippen molar-refractivity contribution in [2.24, 2.45) is 0 Å². The van der Waals surface area contributed by atoms with Crippen LogP contribution < -0.4 is 0 Å². The van der Waals surface area contributed by atoms with E-state index in [-0.39, 0.29) is 11.8 Å². The van der Waals surface area contributed by atoms with E-state index in [0.29, 0.717) is 12.2 Å². The Kier molecular flexibility index (Phi) is 5.26. The number of unbranched alkanes of at least 4 members (excludes halogenated alkanes) is 2. The van der Waals surface area contributed by atoms with Crippen LogP contribution in [0.2, 0.25) is 0 Å². The fourth-order valence-electron chi connectivity index (χ4n) is 4.80. The quantitative estimate of drug-likeness (QED) is 0.166. The van der Waals surface area contributed by atoms with Gasteiger partial charge in [-0.3, -0.25) is 4.79 Å². The highest BCUT2D eigenvalue weighted by Gasteiger charge is 2.23. The third-order valence-corrected chi connectivity index (χ3v) is 6.53. The van der Waals surface area contributed by atoms with Crippen molar-refractivity contribution in [2.45, 2.75) is 39.5 Å². The lowest BCUT2D eigenvalue weighted by Gasteiger charge is -2.09. The average Bonchev–Trinajstić information content (AvgIpc) is 3.20. The predicted molar refractivity (Wildman–Crippen MR) is 130 cm³/mol. The minimum Gasteiger partial charge on any atom is -0.462 e. The smallest absolute Gasteiger partial charge is 0.338 e. The van der Waals surface area contributed by atoms with Crippen LogP contribution in [0.25, 0.3) is 32.7 Å². The Bertz CT molecular complexity index is 1380. The van der Waals surface area contributed by atoms with E-state index in [4.69, 9.17) is 4.74 Å². The Morgan fingerprint density at radius 3 is 1.97 bits per heavy atom. The number of hydrogen-bond donors (Lipinski definition) is 0. The molecule has 0 amide bonds. The molecule has 0 aliphatic heterocycles. The maximum Gasteiger partial charge on any atom is 0.338 e. The number of carbonyl (C=O) groups excluding carboxylic acids is 2. The van der Waals surface area contributed by atoms with Crippen molar-refractivity contribution in [1.82, 2.24) is 0 Å². The first-order valence-electron chi connectivity index (χ1n) is 11.4. The van der Waals surface area contributed by atoms with E-state index in [9.17, 15) is 9.59 Å². The zero-order valence-corrected chi connectivity index (χ0v) is 18.5. The molecule has 0 saturated carbocycles. The summed E-state index contributed by atoms with van der Waals surface area (Å²) in [6.07, 6.45) is 3.93. The molecule has 0 heterocycles. The SMILES string of the molecule is CCCCCOC(=O)c1ccc2c3c(ccc2c1)-c1ccc2cc(C(C)=O)ccc2c1C3. The molecule has 160 valence electrons. The number of Topliss-reactive ketones (excluding diaryl/α,β-unsaturated/α-hetero) is 1. The predicted octanol–water partition coefficient (Wildman–Crippen LogP) is 7.11. The molecule has 0 saturated heterocycles. The first kappa shape index (κ1) is 20.4. The number of carbonyl (C=O) groups is 2. The fourth-order valence-corrected chi connectivity index (χ4v) is 4.80. The molecule has 3 nitrogen and oxygen atoms in total. The van der Waals surface area contributed by atoms with Gasteiger partial charge in [0, 0.05) is 5.56 Å². The molecule has 0 aromatic heterocycles. The largest absolute Gasteiger partial charge is 0.462 e. The van der Waals surface area contributed by atoms with Gasteiger partial charge >= 0.3 is 5.97 Å². The average molecular weight is 423 g/mol. The molecule has 0 fully saturated rings. The zero-order valence-electron chi connectivity index (χ0n) is 18.5. The highest BCUT2D eigenvalue weighted by molar-refractivity contribution is 6.04. The number of esters is 1. The van der Waals surface area contributed by atoms with Crippen LogP contribution in [0.4, 0.5) is 0 Å². The molecule has 1 aliphatic rings. The maximum absolute atomic E-state index is 12.4. The number of fused-ring (bicyclic) bond motifs is 7. The molecular weight excluding hydrogens is 396 g/mol. The highest BCUT2D eigenvalue weighted by atomic mass is 16.5. The van der Waals surface area contributed by atoms with Crippen molar-refractivity contribution in [1.29, 1.82) is 0 Å². The van der Waals surface area contributed by atoms with Crippen molar-refractivity contribution < 1.29 is 14.3 Å². The van der Waals surface area contributed by atoms with Gasteiger partial charge in [-0.2, -0.15) is 0 Å². The van der Waals surface area contributed by atoms with Crippen molar-refractivity contribution in [3.05, 3.63) is 82.9 Å². The normalized spacial score (nSPS) is 12.1. The summed E-state index contributed by atoms with van der Waals surface area (Å²) in [4.78, 5) is 24.2. The van der Waals surface area contributed by atoms with Crippen LogP contribution in [-0.4, -0.2) is 18.4 Å². The minimum atomic E-state index is -0.251. The van der Waals surface area contributed by atoms with Crippen LogP contribution in [0.5, 0.6) is 0 Å². The van der Waals surface area contributed by atoms with E-state index in [1.165, 1.54) is 33.0 Å². The van der Waals surface area contributed by atoms with Crippen molar-refractivity contribution >= 4 is 33.3 Å². The summed E-state index contributed by atoms with van der Waals surface area (Å²) in [5.74, 6) is -0.166. The number of benzene rings is 4. The number of ketones is 1. The van der Waals surface area contributed by atoms with E-state index in [2.05, 4.69) is 43.3 Å². The molecule has 1 aliphatic carbocycles. The Labute approximate surface area is 188 Å². The van der Waals surface area contributed by atoms with Gasteiger partial charge < -0.3 is 4.74 Å². The Balaban J connectivity index is 1.49. The maximum atomic E-state index is 12.4. The first-order chi connectivity index (χ1) is 15.6. The van der Waals surface area contributed by atoms with Crippen molar-refractivity contribution in [3.8, 4) is 11.1 Å². The molecule has 5 rings (SSSR count). The monoisotopic (exact) mass is 422 g/mol. The van der Waals surface area contributed by atoms with Gasteiger partial charge in [-0.05, 0) is 81.8 Å². The van der Waals surface area contributed by atoms with Crippen LogP contribution in [0.15, 0.2) is 60.7 Å². The molecule has 0 spiro atoms. The third kappa shape index (κ3) is 3.48. The van der Waals surface area contributed by atoms with Gasteiger partial charge in [0.05, 0.1) is 12.2 Å². The third-order valence-electron chi connectivity index (χ3n) is 6.53. The summed E-state index contributed by atoms with van der Waals surface area (Å²) in [5.41, 5.74) is 6.45. The van der Waals surface area contributed by atoms with E-state index in [1.807, 2.05) is 24.3 Å². The molecule has 4 aromatic rings.